The molecule has 0 unspecified atom stereocenters. The monoisotopic (exact) mass is 408 g/mol. The maximum absolute atomic E-state index is 12.7. The van der Waals surface area contributed by atoms with Gasteiger partial charge < -0.3 is 5.32 Å². The first kappa shape index (κ1) is 20.0. The molecule has 1 aliphatic carbocycles. The summed E-state index contributed by atoms with van der Waals surface area (Å²) in [7, 11) is 0. The van der Waals surface area contributed by atoms with Gasteiger partial charge in [0.25, 0.3) is 0 Å². The predicted octanol–water partition coefficient (Wildman–Crippen LogP) is 5.50. The van der Waals surface area contributed by atoms with Crippen molar-refractivity contribution in [2.75, 3.05) is 16.0 Å². The van der Waals surface area contributed by atoms with Crippen LogP contribution in [0, 0.1) is 5.92 Å². The van der Waals surface area contributed by atoms with Gasteiger partial charge in [0.2, 0.25) is 11.8 Å². The van der Waals surface area contributed by atoms with E-state index < -0.39 is 0 Å². The average molecular weight is 409 g/mol. The molecule has 0 radical (unpaired) electrons. The fourth-order valence-corrected chi connectivity index (χ4v) is 4.92. The summed E-state index contributed by atoms with van der Waals surface area (Å²) in [5.74, 6) is 0.842. The minimum absolute atomic E-state index is 0.0781. The normalized spacial score (nSPS) is 19.9. The summed E-state index contributed by atoms with van der Waals surface area (Å²) in [6.07, 6.45) is 3.11. The van der Waals surface area contributed by atoms with Crippen molar-refractivity contribution in [3.05, 3.63) is 59.7 Å². The second-order valence-electron chi connectivity index (χ2n) is 8.97. The van der Waals surface area contributed by atoms with Crippen LogP contribution >= 0.6 is 11.8 Å². The molecule has 2 aromatic rings. The molecule has 29 heavy (non-hydrogen) atoms. The van der Waals surface area contributed by atoms with Gasteiger partial charge in [-0.2, -0.15) is 0 Å². The van der Waals surface area contributed by atoms with Crippen molar-refractivity contribution in [2.24, 2.45) is 5.92 Å². The highest BCUT2D eigenvalue weighted by Crippen LogP contribution is 2.42. The fourth-order valence-electron chi connectivity index (χ4n) is 3.76. The molecule has 2 aliphatic rings. The molecule has 2 fully saturated rings. The number of amides is 2. The maximum Gasteiger partial charge on any atom is 0.238 e. The number of anilines is 2. The number of hydrogen-bond acceptors (Lipinski definition) is 3. The zero-order valence-electron chi connectivity index (χ0n) is 17.3. The molecule has 1 aliphatic heterocycles. The minimum atomic E-state index is -0.0801. The molecule has 1 atom stereocenters. The van der Waals surface area contributed by atoms with E-state index in [1.165, 1.54) is 5.56 Å². The van der Waals surface area contributed by atoms with Crippen LogP contribution in [0.2, 0.25) is 0 Å². The first-order valence-corrected chi connectivity index (χ1v) is 11.3. The molecule has 1 N–H and O–H groups in total. The summed E-state index contributed by atoms with van der Waals surface area (Å²) in [6, 6.07) is 16.2. The Kier molecular flexibility index (Phi) is 5.43. The molecule has 152 valence electrons. The lowest BCUT2D eigenvalue weighted by Gasteiger charge is -2.27. The van der Waals surface area contributed by atoms with Crippen molar-refractivity contribution in [3.8, 4) is 0 Å². The SMILES string of the molecule is CC(C)(C)c1ccc(N2C(=O)CS[C@@H]2c2cccc(NC(=O)C3CCC3)c2)cc1. The second kappa shape index (κ2) is 7.86. The van der Waals surface area contributed by atoms with E-state index in [1.54, 1.807) is 11.8 Å². The second-order valence-corrected chi connectivity index (χ2v) is 10.0. The standard InChI is InChI=1S/C24H28N2O2S/c1-24(2,3)18-10-12-20(13-11-18)26-21(27)15-29-23(26)17-8-5-9-19(14-17)25-22(28)16-6-4-7-16/h5,8-14,16,23H,4,6-7,15H2,1-3H3,(H,25,28)/t23-/m1/s1. The van der Waals surface area contributed by atoms with Crippen LogP contribution in [-0.4, -0.2) is 17.6 Å². The van der Waals surface area contributed by atoms with Crippen LogP contribution in [0.15, 0.2) is 48.5 Å². The number of nitrogens with one attached hydrogen (secondary N) is 1. The molecule has 0 spiro atoms. The Balaban J connectivity index is 1.56. The van der Waals surface area contributed by atoms with Gasteiger partial charge in [0.1, 0.15) is 5.37 Å². The van der Waals surface area contributed by atoms with Crippen LogP contribution in [0.4, 0.5) is 11.4 Å². The quantitative estimate of drug-likeness (QED) is 0.726. The number of hydrogen-bond donors (Lipinski definition) is 1. The smallest absolute Gasteiger partial charge is 0.238 e. The van der Waals surface area contributed by atoms with Crippen LogP contribution in [0.3, 0.4) is 0 Å². The summed E-state index contributed by atoms with van der Waals surface area (Å²) in [6.45, 7) is 6.56. The Morgan fingerprint density at radius 1 is 1.10 bits per heavy atom. The van der Waals surface area contributed by atoms with Crippen molar-refractivity contribution in [1.82, 2.24) is 0 Å². The Morgan fingerprint density at radius 3 is 2.45 bits per heavy atom. The zero-order valence-corrected chi connectivity index (χ0v) is 18.1. The van der Waals surface area contributed by atoms with Crippen molar-refractivity contribution in [3.63, 3.8) is 0 Å². The molecular formula is C24H28N2O2S. The summed E-state index contributed by atoms with van der Waals surface area (Å²) in [5, 5.41) is 2.97. The van der Waals surface area contributed by atoms with Crippen LogP contribution in [0.1, 0.15) is 56.5 Å². The van der Waals surface area contributed by atoms with E-state index in [1.807, 2.05) is 41.3 Å². The van der Waals surface area contributed by atoms with Gasteiger partial charge in [-0.3, -0.25) is 14.5 Å². The van der Waals surface area contributed by atoms with Crippen LogP contribution in [0.25, 0.3) is 0 Å². The third-order valence-electron chi connectivity index (χ3n) is 5.79. The molecule has 1 heterocycles. The minimum Gasteiger partial charge on any atom is -0.326 e. The van der Waals surface area contributed by atoms with E-state index in [4.69, 9.17) is 0 Å². The molecule has 4 rings (SSSR count). The van der Waals surface area contributed by atoms with Gasteiger partial charge in [-0.15, -0.1) is 11.8 Å². The molecule has 0 aromatic heterocycles. The Hall–Kier alpha value is -2.27. The maximum atomic E-state index is 12.7. The van der Waals surface area contributed by atoms with Gasteiger partial charge in [0.15, 0.2) is 0 Å². The molecule has 2 amide bonds. The van der Waals surface area contributed by atoms with Gasteiger partial charge in [-0.25, -0.2) is 0 Å². The van der Waals surface area contributed by atoms with E-state index in [9.17, 15) is 9.59 Å². The average Bonchev–Trinajstić information content (AvgIpc) is 3.01. The fraction of sp³-hybridized carbons (Fsp3) is 0.417. The number of carbonyl (C=O) groups excluding carboxylic acids is 2. The van der Waals surface area contributed by atoms with Crippen molar-refractivity contribution in [2.45, 2.75) is 50.8 Å². The van der Waals surface area contributed by atoms with Crippen LogP contribution < -0.4 is 10.2 Å². The van der Waals surface area contributed by atoms with E-state index in [-0.39, 0.29) is 28.5 Å². The molecule has 1 saturated heterocycles. The molecule has 1 saturated carbocycles. The Bertz CT molecular complexity index is 913. The number of carbonyl (C=O) groups is 2. The van der Waals surface area contributed by atoms with Crippen molar-refractivity contribution in [1.29, 1.82) is 0 Å². The van der Waals surface area contributed by atoms with Gasteiger partial charge in [-0.1, -0.05) is 51.5 Å². The zero-order chi connectivity index (χ0) is 20.6. The number of benzene rings is 2. The summed E-state index contributed by atoms with van der Waals surface area (Å²) < 4.78 is 0. The van der Waals surface area contributed by atoms with Crippen molar-refractivity contribution >= 4 is 35.0 Å². The largest absolute Gasteiger partial charge is 0.326 e. The number of nitrogens with zero attached hydrogens (tertiary/aromatic N) is 1. The van der Waals surface area contributed by atoms with Gasteiger partial charge in [0, 0.05) is 17.3 Å². The van der Waals surface area contributed by atoms with Gasteiger partial charge >= 0.3 is 0 Å². The van der Waals surface area contributed by atoms with Gasteiger partial charge in [0.05, 0.1) is 5.75 Å². The first-order chi connectivity index (χ1) is 13.8. The molecule has 0 bridgehead atoms. The number of rotatable bonds is 4. The van der Waals surface area contributed by atoms with Crippen LogP contribution in [-0.2, 0) is 15.0 Å². The van der Waals surface area contributed by atoms with E-state index >= 15 is 0 Å². The van der Waals surface area contributed by atoms with E-state index in [0.29, 0.717) is 5.75 Å². The summed E-state index contributed by atoms with van der Waals surface area (Å²) >= 11 is 1.63. The van der Waals surface area contributed by atoms with Crippen LogP contribution in [0.5, 0.6) is 0 Å². The molecule has 5 heteroatoms. The third-order valence-corrected chi connectivity index (χ3v) is 7.01. The topological polar surface area (TPSA) is 49.4 Å². The highest BCUT2D eigenvalue weighted by atomic mass is 32.2. The van der Waals surface area contributed by atoms with E-state index in [2.05, 4.69) is 38.2 Å². The van der Waals surface area contributed by atoms with E-state index in [0.717, 1.165) is 36.2 Å². The molecular weight excluding hydrogens is 380 g/mol. The van der Waals surface area contributed by atoms with Gasteiger partial charge in [-0.05, 0) is 53.6 Å². The first-order valence-electron chi connectivity index (χ1n) is 10.3. The lowest BCUT2D eigenvalue weighted by molar-refractivity contribution is -0.122. The predicted molar refractivity (Wildman–Crippen MR) is 120 cm³/mol. The van der Waals surface area contributed by atoms with Crippen molar-refractivity contribution < 1.29 is 9.59 Å². The Labute approximate surface area is 177 Å². The lowest BCUT2D eigenvalue weighted by atomic mass is 9.85. The molecule has 4 nitrogen and oxygen atoms in total. The highest BCUT2D eigenvalue weighted by Gasteiger charge is 2.34. The summed E-state index contributed by atoms with van der Waals surface area (Å²) in [5.41, 5.74) is 4.09. The lowest BCUT2D eigenvalue weighted by Crippen LogP contribution is -2.29. The summed E-state index contributed by atoms with van der Waals surface area (Å²) in [4.78, 5) is 26.9. The Morgan fingerprint density at radius 2 is 1.83 bits per heavy atom. The molecule has 2 aromatic carbocycles. The third kappa shape index (κ3) is 4.20. The highest BCUT2D eigenvalue weighted by molar-refractivity contribution is 8.00. The number of thioether (sulfide) groups is 1.